The van der Waals surface area contributed by atoms with Crippen LogP contribution in [0.15, 0.2) is 18.3 Å². The maximum absolute atomic E-state index is 14.7. The number of nitrogens with zero attached hydrogens (tertiary/aromatic N) is 2. The Kier molecular flexibility index (Phi) is 3.59. The summed E-state index contributed by atoms with van der Waals surface area (Å²) in [6, 6.07) is 4.44. The van der Waals surface area contributed by atoms with Gasteiger partial charge in [0.15, 0.2) is 0 Å². The molecule has 3 nitrogen and oxygen atoms in total. The van der Waals surface area contributed by atoms with Crippen molar-refractivity contribution in [1.82, 2.24) is 15.1 Å². The largest absolute Gasteiger partial charge is 0.296 e. The molecule has 2 atom stereocenters. The number of thioether (sulfide) groups is 1. The van der Waals surface area contributed by atoms with E-state index in [2.05, 4.69) is 15.1 Å². The third kappa shape index (κ3) is 2.45. The number of nitrogens with one attached hydrogen (secondary N) is 1. The molecule has 2 aromatic rings. The Hall–Kier alpha value is -0.780. The van der Waals surface area contributed by atoms with Crippen molar-refractivity contribution in [2.75, 3.05) is 24.6 Å². The lowest BCUT2D eigenvalue weighted by Crippen LogP contribution is -2.51. The third-order valence-electron chi connectivity index (χ3n) is 4.67. The van der Waals surface area contributed by atoms with Crippen molar-refractivity contribution >= 4 is 34.3 Å². The molecule has 0 aliphatic carbocycles. The number of hydrogen-bond donors (Lipinski definition) is 1. The molecule has 1 aromatic heterocycles. The molecule has 6 heteroatoms. The number of alkyl halides is 1. The molecule has 2 fully saturated rings. The van der Waals surface area contributed by atoms with Crippen molar-refractivity contribution in [2.45, 2.75) is 24.6 Å². The standard InChI is InChI=1S/C15H17ClFN3S/c16-13-3-9-5-18-19-15(9)4-12(13)11-1-2-20(6-14(11)17)10-7-21-8-10/h3-5,10-11,14H,1-2,6-8H2,(H,18,19)/t11-,14+/m0/s1. The van der Waals surface area contributed by atoms with Gasteiger partial charge < -0.3 is 0 Å². The van der Waals surface area contributed by atoms with Crippen LogP contribution in [0.25, 0.3) is 10.9 Å². The van der Waals surface area contributed by atoms with Gasteiger partial charge in [-0.15, -0.1) is 0 Å². The number of benzene rings is 1. The highest BCUT2D eigenvalue weighted by Crippen LogP contribution is 2.38. The molecule has 3 heterocycles. The predicted octanol–water partition coefficient (Wildman–Crippen LogP) is 3.46. The van der Waals surface area contributed by atoms with E-state index in [0.717, 1.165) is 40.9 Å². The number of likely N-dealkylation sites (tertiary alicyclic amines) is 1. The van der Waals surface area contributed by atoms with Crippen LogP contribution in [-0.2, 0) is 0 Å². The Balaban J connectivity index is 1.58. The highest BCUT2D eigenvalue weighted by atomic mass is 35.5. The highest BCUT2D eigenvalue weighted by molar-refractivity contribution is 8.00. The van der Waals surface area contributed by atoms with Gasteiger partial charge in [0.05, 0.1) is 11.7 Å². The second kappa shape index (κ2) is 5.45. The number of rotatable bonds is 2. The predicted molar refractivity (Wildman–Crippen MR) is 86.0 cm³/mol. The van der Waals surface area contributed by atoms with E-state index >= 15 is 0 Å². The zero-order valence-corrected chi connectivity index (χ0v) is 13.1. The number of hydrogen-bond acceptors (Lipinski definition) is 3. The van der Waals surface area contributed by atoms with Gasteiger partial charge in [0.1, 0.15) is 6.17 Å². The minimum atomic E-state index is -0.845. The SMILES string of the molecule is F[C@@H]1CN(C2CSC2)CC[C@H]1c1cc2[nH]ncc2cc1Cl. The van der Waals surface area contributed by atoms with Crippen LogP contribution in [0.2, 0.25) is 5.02 Å². The van der Waals surface area contributed by atoms with Crippen molar-refractivity contribution in [1.29, 1.82) is 0 Å². The summed E-state index contributed by atoms with van der Waals surface area (Å²) in [4.78, 5) is 2.31. The van der Waals surface area contributed by atoms with Crippen molar-refractivity contribution in [3.63, 3.8) is 0 Å². The molecule has 1 N–H and O–H groups in total. The molecule has 21 heavy (non-hydrogen) atoms. The van der Waals surface area contributed by atoms with Crippen LogP contribution in [0.3, 0.4) is 0 Å². The second-order valence-corrected chi connectivity index (χ2v) is 7.41. The minimum absolute atomic E-state index is 0.103. The summed E-state index contributed by atoms with van der Waals surface area (Å²) >= 11 is 8.32. The first kappa shape index (κ1) is 13.9. The van der Waals surface area contributed by atoms with E-state index in [1.54, 1.807) is 6.20 Å². The Morgan fingerprint density at radius 2 is 2.24 bits per heavy atom. The molecule has 2 aliphatic rings. The lowest BCUT2D eigenvalue weighted by atomic mass is 9.87. The van der Waals surface area contributed by atoms with Crippen LogP contribution in [0.4, 0.5) is 4.39 Å². The Labute approximate surface area is 132 Å². The van der Waals surface area contributed by atoms with Crippen LogP contribution in [0.1, 0.15) is 17.9 Å². The van der Waals surface area contributed by atoms with E-state index in [9.17, 15) is 4.39 Å². The molecular weight excluding hydrogens is 309 g/mol. The molecule has 0 amide bonds. The van der Waals surface area contributed by atoms with Gasteiger partial charge >= 0.3 is 0 Å². The molecule has 4 rings (SSSR count). The van der Waals surface area contributed by atoms with Gasteiger partial charge in [0.2, 0.25) is 0 Å². The second-order valence-electron chi connectivity index (χ2n) is 5.93. The molecule has 1 aromatic carbocycles. The van der Waals surface area contributed by atoms with Crippen molar-refractivity contribution in [3.8, 4) is 0 Å². The zero-order valence-electron chi connectivity index (χ0n) is 11.6. The van der Waals surface area contributed by atoms with Crippen LogP contribution < -0.4 is 0 Å². The number of halogens is 2. The fourth-order valence-corrected chi connectivity index (χ4v) is 4.49. The van der Waals surface area contributed by atoms with Gasteiger partial charge in [-0.05, 0) is 30.7 Å². The number of H-pyrrole nitrogens is 1. The summed E-state index contributed by atoms with van der Waals surface area (Å²) in [7, 11) is 0. The first-order valence-electron chi connectivity index (χ1n) is 7.31. The summed E-state index contributed by atoms with van der Waals surface area (Å²) in [5.74, 6) is 2.20. The Morgan fingerprint density at radius 3 is 2.95 bits per heavy atom. The topological polar surface area (TPSA) is 31.9 Å². The van der Waals surface area contributed by atoms with Gasteiger partial charge in [-0.3, -0.25) is 10.00 Å². The summed E-state index contributed by atoms with van der Waals surface area (Å²) < 4.78 is 14.7. The summed E-state index contributed by atoms with van der Waals surface area (Å²) in [6.07, 6.45) is 1.73. The summed E-state index contributed by atoms with van der Waals surface area (Å²) in [5, 5.41) is 8.59. The van der Waals surface area contributed by atoms with E-state index in [-0.39, 0.29) is 5.92 Å². The molecule has 0 spiro atoms. The van der Waals surface area contributed by atoms with E-state index < -0.39 is 6.17 Å². The molecular formula is C15H17ClFN3S. The van der Waals surface area contributed by atoms with Crippen LogP contribution >= 0.6 is 23.4 Å². The average molecular weight is 326 g/mol. The first-order valence-corrected chi connectivity index (χ1v) is 8.84. The van der Waals surface area contributed by atoms with E-state index in [4.69, 9.17) is 11.6 Å². The lowest BCUT2D eigenvalue weighted by molar-refractivity contribution is 0.0936. The molecule has 0 saturated carbocycles. The fraction of sp³-hybridized carbons (Fsp3) is 0.533. The van der Waals surface area contributed by atoms with Crippen molar-refractivity contribution in [3.05, 3.63) is 28.9 Å². The smallest absolute Gasteiger partial charge is 0.120 e. The Morgan fingerprint density at radius 1 is 1.38 bits per heavy atom. The van der Waals surface area contributed by atoms with Crippen LogP contribution in [0, 0.1) is 0 Å². The minimum Gasteiger partial charge on any atom is -0.296 e. The molecule has 0 radical (unpaired) electrons. The molecule has 2 aliphatic heterocycles. The monoisotopic (exact) mass is 325 g/mol. The van der Waals surface area contributed by atoms with E-state index in [1.165, 1.54) is 0 Å². The number of aromatic amines is 1. The maximum atomic E-state index is 14.7. The Bertz CT molecular complexity index is 657. The van der Waals surface area contributed by atoms with Crippen molar-refractivity contribution < 1.29 is 4.39 Å². The van der Waals surface area contributed by atoms with Gasteiger partial charge in [-0.25, -0.2) is 4.39 Å². The molecule has 2 saturated heterocycles. The highest BCUT2D eigenvalue weighted by Gasteiger charge is 2.36. The van der Waals surface area contributed by atoms with E-state index in [1.807, 2.05) is 23.9 Å². The van der Waals surface area contributed by atoms with E-state index in [0.29, 0.717) is 17.6 Å². The van der Waals surface area contributed by atoms with Gasteiger partial charge in [0.25, 0.3) is 0 Å². The first-order chi connectivity index (χ1) is 10.2. The number of aromatic nitrogens is 2. The quantitative estimate of drug-likeness (QED) is 0.917. The molecule has 0 bridgehead atoms. The van der Waals surface area contributed by atoms with Crippen molar-refractivity contribution in [2.24, 2.45) is 0 Å². The summed E-state index contributed by atoms with van der Waals surface area (Å²) in [5.41, 5.74) is 1.85. The zero-order chi connectivity index (χ0) is 14.4. The average Bonchev–Trinajstić information content (AvgIpc) is 2.83. The van der Waals surface area contributed by atoms with Crippen LogP contribution in [-0.4, -0.2) is 51.9 Å². The maximum Gasteiger partial charge on any atom is 0.120 e. The molecule has 0 unspecified atom stereocenters. The van der Waals surface area contributed by atoms with Crippen LogP contribution in [0.5, 0.6) is 0 Å². The number of fused-ring (bicyclic) bond motifs is 1. The number of piperidine rings is 1. The van der Waals surface area contributed by atoms with Gasteiger partial charge in [-0.1, -0.05) is 11.6 Å². The van der Waals surface area contributed by atoms with Gasteiger partial charge in [-0.2, -0.15) is 16.9 Å². The molecule has 112 valence electrons. The lowest BCUT2D eigenvalue weighted by Gasteiger charge is -2.43. The normalized spacial score (nSPS) is 27.9. The van der Waals surface area contributed by atoms with Gasteiger partial charge in [0, 0.05) is 40.4 Å². The fourth-order valence-electron chi connectivity index (χ4n) is 3.31. The third-order valence-corrected chi connectivity index (χ3v) is 6.23. The summed E-state index contributed by atoms with van der Waals surface area (Å²) in [6.45, 7) is 1.50.